The van der Waals surface area contributed by atoms with Crippen molar-refractivity contribution in [1.29, 1.82) is 0 Å². The van der Waals surface area contributed by atoms with Gasteiger partial charge >= 0.3 is 0 Å². The van der Waals surface area contributed by atoms with Gasteiger partial charge in [0, 0.05) is 5.56 Å². The second-order valence-electron chi connectivity index (χ2n) is 3.34. The first kappa shape index (κ1) is 11.9. The van der Waals surface area contributed by atoms with Crippen LogP contribution in [0.2, 0.25) is 0 Å². The van der Waals surface area contributed by atoms with Crippen molar-refractivity contribution in [2.75, 3.05) is 11.3 Å². The van der Waals surface area contributed by atoms with Gasteiger partial charge in [0.15, 0.2) is 0 Å². The van der Waals surface area contributed by atoms with E-state index in [1.807, 2.05) is 0 Å². The molecule has 6 N–H and O–H groups in total. The van der Waals surface area contributed by atoms with Crippen LogP contribution in [0.5, 0.6) is 11.5 Å². The number of anilines is 1. The Morgan fingerprint density at radius 2 is 2.28 bits per heavy atom. The number of hydrazone groups is 1. The predicted octanol–water partition coefficient (Wildman–Crippen LogP) is 0.512. The monoisotopic (exact) mass is 266 g/mol. The standard InChI is InChI=1S/C9H10N6O2S/c10-15-8(13-14-9(15)18)12-11-4-5-3-6(16)1-2-7(5)17/h1-4,16-17H,10H2,(H,12,13)(H,14,18). The normalized spacial score (nSPS) is 10.9. The molecule has 1 aromatic heterocycles. The third kappa shape index (κ3) is 2.40. The first-order valence-electron chi connectivity index (χ1n) is 4.81. The number of hydrogen-bond donors (Lipinski definition) is 5. The lowest BCUT2D eigenvalue weighted by atomic mass is 10.2. The van der Waals surface area contributed by atoms with Crippen LogP contribution in [-0.4, -0.2) is 31.3 Å². The minimum atomic E-state index is -0.00930. The topological polar surface area (TPSA) is 124 Å². The van der Waals surface area contributed by atoms with Gasteiger partial charge in [0.25, 0.3) is 5.95 Å². The van der Waals surface area contributed by atoms with Crippen LogP contribution in [0.25, 0.3) is 0 Å². The Morgan fingerprint density at radius 3 is 2.94 bits per heavy atom. The van der Waals surface area contributed by atoms with Crippen molar-refractivity contribution in [1.82, 2.24) is 14.9 Å². The number of nitrogens with zero attached hydrogens (tertiary/aromatic N) is 3. The molecule has 0 fully saturated rings. The van der Waals surface area contributed by atoms with Gasteiger partial charge in [-0.25, -0.2) is 10.5 Å². The van der Waals surface area contributed by atoms with Crippen LogP contribution in [0.1, 0.15) is 5.56 Å². The van der Waals surface area contributed by atoms with Gasteiger partial charge in [-0.2, -0.15) is 9.78 Å². The van der Waals surface area contributed by atoms with Crippen molar-refractivity contribution in [2.24, 2.45) is 5.10 Å². The number of aromatic hydroxyl groups is 2. The number of nitrogens with one attached hydrogen (secondary N) is 2. The maximum Gasteiger partial charge on any atom is 0.262 e. The highest BCUT2D eigenvalue weighted by molar-refractivity contribution is 7.71. The molecule has 0 bridgehead atoms. The number of phenolic OH excluding ortho intramolecular Hbond substituents is 2. The van der Waals surface area contributed by atoms with Gasteiger partial charge in [-0.3, -0.25) is 0 Å². The molecule has 0 radical (unpaired) electrons. The second kappa shape index (κ2) is 4.75. The lowest BCUT2D eigenvalue weighted by Crippen LogP contribution is -2.11. The summed E-state index contributed by atoms with van der Waals surface area (Å²) < 4.78 is 1.35. The molecule has 2 rings (SSSR count). The molecular weight excluding hydrogens is 256 g/mol. The van der Waals surface area contributed by atoms with Gasteiger partial charge < -0.3 is 16.1 Å². The van der Waals surface area contributed by atoms with Crippen molar-refractivity contribution in [3.8, 4) is 11.5 Å². The van der Waals surface area contributed by atoms with Crippen molar-refractivity contribution < 1.29 is 10.2 Å². The molecule has 9 heteroatoms. The van der Waals surface area contributed by atoms with Crippen LogP contribution in [-0.2, 0) is 0 Å². The van der Waals surface area contributed by atoms with E-state index in [1.165, 1.54) is 24.4 Å². The number of phenols is 2. The molecule has 0 saturated carbocycles. The summed E-state index contributed by atoms with van der Waals surface area (Å²) in [6.07, 6.45) is 1.31. The first-order chi connectivity index (χ1) is 8.58. The first-order valence-corrected chi connectivity index (χ1v) is 5.22. The number of aromatic amines is 1. The molecule has 2 aromatic rings. The summed E-state index contributed by atoms with van der Waals surface area (Å²) in [6, 6.07) is 4.08. The summed E-state index contributed by atoms with van der Waals surface area (Å²) in [4.78, 5) is 0. The molecule has 0 amide bonds. The second-order valence-corrected chi connectivity index (χ2v) is 3.72. The van der Waals surface area contributed by atoms with E-state index in [2.05, 4.69) is 20.7 Å². The number of rotatable bonds is 3. The van der Waals surface area contributed by atoms with E-state index in [0.29, 0.717) is 5.56 Å². The number of H-pyrrole nitrogens is 1. The average Bonchev–Trinajstić information content (AvgIpc) is 2.65. The Bertz CT molecular complexity index is 647. The Hall–Kier alpha value is -2.55. The van der Waals surface area contributed by atoms with Gasteiger partial charge in [0.1, 0.15) is 11.5 Å². The molecule has 8 nitrogen and oxygen atoms in total. The fourth-order valence-electron chi connectivity index (χ4n) is 1.19. The van der Waals surface area contributed by atoms with Crippen molar-refractivity contribution in [2.45, 2.75) is 0 Å². The van der Waals surface area contributed by atoms with Gasteiger partial charge in [-0.15, -0.1) is 5.10 Å². The van der Waals surface area contributed by atoms with E-state index in [0.717, 1.165) is 4.68 Å². The molecule has 18 heavy (non-hydrogen) atoms. The maximum atomic E-state index is 9.49. The third-order valence-electron chi connectivity index (χ3n) is 2.08. The van der Waals surface area contributed by atoms with E-state index in [9.17, 15) is 10.2 Å². The van der Waals surface area contributed by atoms with Crippen LogP contribution in [0.3, 0.4) is 0 Å². The molecule has 0 aliphatic heterocycles. The SMILES string of the molecule is Nn1c(NN=Cc2cc(O)ccc2O)n[nH]c1=S. The molecule has 94 valence electrons. The highest BCUT2D eigenvalue weighted by Crippen LogP contribution is 2.20. The zero-order valence-electron chi connectivity index (χ0n) is 9.03. The molecule has 0 atom stereocenters. The zero-order chi connectivity index (χ0) is 13.1. The summed E-state index contributed by atoms with van der Waals surface area (Å²) in [5, 5.41) is 28.8. The zero-order valence-corrected chi connectivity index (χ0v) is 9.85. The number of hydrogen-bond acceptors (Lipinski definition) is 7. The molecule has 1 aromatic carbocycles. The van der Waals surface area contributed by atoms with E-state index in [1.54, 1.807) is 0 Å². The van der Waals surface area contributed by atoms with Crippen LogP contribution in [0.15, 0.2) is 23.3 Å². The molecule has 0 aliphatic carbocycles. The lowest BCUT2D eigenvalue weighted by molar-refractivity contribution is 0.459. The summed E-state index contributed by atoms with van der Waals surface area (Å²) in [5.74, 6) is 5.76. The smallest absolute Gasteiger partial charge is 0.262 e. The number of nitrogens with two attached hydrogens (primary N) is 1. The van der Waals surface area contributed by atoms with Crippen LogP contribution in [0.4, 0.5) is 5.95 Å². The van der Waals surface area contributed by atoms with E-state index in [4.69, 9.17) is 18.1 Å². The Labute approximate surface area is 106 Å². The largest absolute Gasteiger partial charge is 0.508 e. The van der Waals surface area contributed by atoms with Gasteiger partial charge in [0.2, 0.25) is 4.77 Å². The molecular formula is C9H10N6O2S. The van der Waals surface area contributed by atoms with Gasteiger partial charge in [0.05, 0.1) is 6.21 Å². The molecule has 0 unspecified atom stereocenters. The third-order valence-corrected chi connectivity index (χ3v) is 2.37. The summed E-state index contributed by atoms with van der Waals surface area (Å²) >= 11 is 4.81. The Balaban J connectivity index is 2.14. The lowest BCUT2D eigenvalue weighted by Gasteiger charge is -2.00. The summed E-state index contributed by atoms with van der Waals surface area (Å²) in [7, 11) is 0. The minimum Gasteiger partial charge on any atom is -0.508 e. The van der Waals surface area contributed by atoms with Crippen LogP contribution < -0.4 is 11.3 Å². The Morgan fingerprint density at radius 1 is 1.50 bits per heavy atom. The van der Waals surface area contributed by atoms with Gasteiger partial charge in [-0.1, -0.05) is 0 Å². The highest BCUT2D eigenvalue weighted by atomic mass is 32.1. The fraction of sp³-hybridized carbons (Fsp3) is 0. The van der Waals surface area contributed by atoms with E-state index >= 15 is 0 Å². The Kier molecular flexibility index (Phi) is 3.15. The molecule has 0 aliphatic rings. The van der Waals surface area contributed by atoms with E-state index in [-0.39, 0.29) is 22.2 Å². The molecule has 0 saturated heterocycles. The highest BCUT2D eigenvalue weighted by Gasteiger charge is 2.01. The predicted molar refractivity (Wildman–Crippen MR) is 68.6 cm³/mol. The number of benzene rings is 1. The van der Waals surface area contributed by atoms with Crippen LogP contribution >= 0.6 is 12.2 Å². The maximum absolute atomic E-state index is 9.49. The molecule has 1 heterocycles. The average molecular weight is 266 g/mol. The minimum absolute atomic E-state index is 0.00930. The number of nitrogen functional groups attached to an aromatic ring is 1. The number of aromatic nitrogens is 3. The fourth-order valence-corrected chi connectivity index (χ4v) is 1.32. The van der Waals surface area contributed by atoms with Crippen molar-refractivity contribution in [3.63, 3.8) is 0 Å². The van der Waals surface area contributed by atoms with E-state index < -0.39 is 0 Å². The van der Waals surface area contributed by atoms with Crippen molar-refractivity contribution in [3.05, 3.63) is 28.5 Å². The summed E-state index contributed by atoms with van der Waals surface area (Å²) in [6.45, 7) is 0. The van der Waals surface area contributed by atoms with Crippen molar-refractivity contribution >= 4 is 24.4 Å². The quantitative estimate of drug-likeness (QED) is 0.181. The summed E-state index contributed by atoms with van der Waals surface area (Å²) in [5.41, 5.74) is 2.88. The van der Waals surface area contributed by atoms with Crippen LogP contribution in [0, 0.1) is 4.77 Å². The molecule has 0 spiro atoms. The van der Waals surface area contributed by atoms with Gasteiger partial charge in [-0.05, 0) is 30.4 Å².